The molecule has 5 nitrogen and oxygen atoms in total. The molecule has 0 aliphatic heterocycles. The number of carboxylic acids is 1. The Morgan fingerprint density at radius 2 is 2.12 bits per heavy atom. The number of benzene rings is 1. The van der Waals surface area contributed by atoms with E-state index in [2.05, 4.69) is 10.3 Å². The molecule has 3 N–H and O–H groups in total. The lowest BCUT2D eigenvalue weighted by Crippen LogP contribution is -1.98. The zero-order chi connectivity index (χ0) is 12.3. The maximum absolute atomic E-state index is 10.8. The average Bonchev–Trinajstić information content (AvgIpc) is 2.33. The third-order valence-corrected chi connectivity index (χ3v) is 2.18. The van der Waals surface area contributed by atoms with Crippen molar-refractivity contribution in [1.29, 1.82) is 0 Å². The van der Waals surface area contributed by atoms with Gasteiger partial charge in [-0.1, -0.05) is 0 Å². The quantitative estimate of drug-likeness (QED) is 0.704. The molecule has 86 valence electrons. The van der Waals surface area contributed by atoms with E-state index in [4.69, 9.17) is 5.11 Å². The second-order valence-corrected chi connectivity index (χ2v) is 3.40. The Labute approximate surface area is 97.4 Å². The highest BCUT2D eigenvalue weighted by molar-refractivity contribution is 5.90. The summed E-state index contributed by atoms with van der Waals surface area (Å²) in [5, 5.41) is 21.3. The van der Waals surface area contributed by atoms with Crippen molar-refractivity contribution in [2.24, 2.45) is 0 Å². The molecule has 0 bridgehead atoms. The summed E-state index contributed by atoms with van der Waals surface area (Å²) in [4.78, 5) is 14.7. The first kappa shape index (κ1) is 10.9. The lowest BCUT2D eigenvalue weighted by molar-refractivity contribution is 0.0697. The van der Waals surface area contributed by atoms with Crippen LogP contribution in [0, 0.1) is 0 Å². The Morgan fingerprint density at radius 3 is 2.76 bits per heavy atom. The van der Waals surface area contributed by atoms with E-state index in [0.717, 1.165) is 0 Å². The van der Waals surface area contributed by atoms with Crippen LogP contribution in [-0.2, 0) is 0 Å². The first-order valence-electron chi connectivity index (χ1n) is 4.90. The number of carboxylic acid groups (broad SMARTS) is 1. The fourth-order valence-electron chi connectivity index (χ4n) is 1.36. The molecule has 0 fully saturated rings. The SMILES string of the molecule is O=C(O)c1ccc(O)c(Nc2cccnc2)c1. The predicted octanol–water partition coefficient (Wildman–Crippen LogP) is 2.23. The number of hydrogen-bond acceptors (Lipinski definition) is 4. The third-order valence-electron chi connectivity index (χ3n) is 2.18. The molecule has 5 heteroatoms. The molecule has 2 rings (SSSR count). The van der Waals surface area contributed by atoms with E-state index < -0.39 is 5.97 Å². The van der Waals surface area contributed by atoms with Crippen molar-refractivity contribution < 1.29 is 15.0 Å². The van der Waals surface area contributed by atoms with E-state index in [0.29, 0.717) is 11.4 Å². The maximum atomic E-state index is 10.8. The van der Waals surface area contributed by atoms with Gasteiger partial charge in [0, 0.05) is 6.20 Å². The molecule has 0 atom stereocenters. The van der Waals surface area contributed by atoms with Crippen LogP contribution in [0.4, 0.5) is 11.4 Å². The van der Waals surface area contributed by atoms with Crippen molar-refractivity contribution in [3.63, 3.8) is 0 Å². The highest BCUT2D eigenvalue weighted by Crippen LogP contribution is 2.27. The van der Waals surface area contributed by atoms with Gasteiger partial charge in [-0.2, -0.15) is 0 Å². The molecule has 2 aromatic rings. The minimum atomic E-state index is -1.04. The smallest absolute Gasteiger partial charge is 0.335 e. The van der Waals surface area contributed by atoms with Gasteiger partial charge in [0.05, 0.1) is 23.1 Å². The first-order chi connectivity index (χ1) is 8.16. The standard InChI is InChI=1S/C12H10N2O3/c15-11-4-3-8(12(16)17)6-10(11)14-9-2-1-5-13-7-9/h1-7,14-15H,(H,16,17). The molecule has 0 saturated heterocycles. The van der Waals surface area contributed by atoms with E-state index >= 15 is 0 Å². The number of phenolic OH excluding ortho intramolecular Hbond substituents is 1. The molecule has 0 radical (unpaired) electrons. The number of nitrogens with one attached hydrogen (secondary N) is 1. The molecule has 1 heterocycles. The number of aromatic carboxylic acids is 1. The maximum Gasteiger partial charge on any atom is 0.335 e. The topological polar surface area (TPSA) is 82.5 Å². The molecule has 17 heavy (non-hydrogen) atoms. The minimum absolute atomic E-state index is 0.0150. The van der Waals surface area contributed by atoms with Crippen molar-refractivity contribution in [3.8, 4) is 5.75 Å². The number of anilines is 2. The highest BCUT2D eigenvalue weighted by atomic mass is 16.4. The van der Waals surface area contributed by atoms with Gasteiger partial charge in [0.25, 0.3) is 0 Å². The molecule has 0 aliphatic rings. The van der Waals surface area contributed by atoms with Gasteiger partial charge in [-0.15, -0.1) is 0 Å². The zero-order valence-electron chi connectivity index (χ0n) is 8.79. The van der Waals surface area contributed by atoms with Crippen molar-refractivity contribution in [3.05, 3.63) is 48.3 Å². The van der Waals surface area contributed by atoms with E-state index in [1.54, 1.807) is 24.5 Å². The summed E-state index contributed by atoms with van der Waals surface area (Å²) in [7, 11) is 0. The lowest BCUT2D eigenvalue weighted by atomic mass is 10.2. The van der Waals surface area contributed by atoms with E-state index in [1.807, 2.05) is 0 Å². The Hall–Kier alpha value is -2.56. The van der Waals surface area contributed by atoms with Crippen LogP contribution >= 0.6 is 0 Å². The molecular weight excluding hydrogens is 220 g/mol. The van der Waals surface area contributed by atoms with Crippen LogP contribution < -0.4 is 5.32 Å². The van der Waals surface area contributed by atoms with Crippen LogP contribution in [0.1, 0.15) is 10.4 Å². The van der Waals surface area contributed by atoms with Gasteiger partial charge in [0.15, 0.2) is 0 Å². The van der Waals surface area contributed by atoms with Crippen LogP contribution in [0.5, 0.6) is 5.75 Å². The van der Waals surface area contributed by atoms with Crippen molar-refractivity contribution in [2.45, 2.75) is 0 Å². The van der Waals surface area contributed by atoms with Gasteiger partial charge >= 0.3 is 5.97 Å². The normalized spacial score (nSPS) is 9.88. The second-order valence-electron chi connectivity index (χ2n) is 3.40. The molecule has 0 spiro atoms. The Bertz CT molecular complexity index is 541. The van der Waals surface area contributed by atoms with Gasteiger partial charge in [0.2, 0.25) is 0 Å². The van der Waals surface area contributed by atoms with Crippen LogP contribution in [0.2, 0.25) is 0 Å². The fourth-order valence-corrected chi connectivity index (χ4v) is 1.36. The molecule has 1 aromatic heterocycles. The van der Waals surface area contributed by atoms with Crippen LogP contribution in [0.3, 0.4) is 0 Å². The van der Waals surface area contributed by atoms with E-state index in [1.165, 1.54) is 18.2 Å². The number of rotatable bonds is 3. The van der Waals surface area contributed by atoms with Gasteiger partial charge < -0.3 is 15.5 Å². The molecule has 1 aromatic carbocycles. The van der Waals surface area contributed by atoms with Crippen LogP contribution in [0.25, 0.3) is 0 Å². The average molecular weight is 230 g/mol. The minimum Gasteiger partial charge on any atom is -0.506 e. The monoisotopic (exact) mass is 230 g/mol. The molecule has 0 saturated carbocycles. The molecular formula is C12H10N2O3. The van der Waals surface area contributed by atoms with Gasteiger partial charge in [-0.05, 0) is 30.3 Å². The largest absolute Gasteiger partial charge is 0.506 e. The number of hydrogen-bond donors (Lipinski definition) is 3. The first-order valence-corrected chi connectivity index (χ1v) is 4.90. The van der Waals surface area contributed by atoms with Crippen molar-refractivity contribution >= 4 is 17.3 Å². The van der Waals surface area contributed by atoms with Crippen molar-refractivity contribution in [1.82, 2.24) is 4.98 Å². The number of pyridine rings is 1. The number of nitrogens with zero attached hydrogens (tertiary/aromatic N) is 1. The summed E-state index contributed by atoms with van der Waals surface area (Å²) in [6, 6.07) is 7.54. The predicted molar refractivity (Wildman–Crippen MR) is 62.6 cm³/mol. The summed E-state index contributed by atoms with van der Waals surface area (Å²) >= 11 is 0. The number of phenols is 1. The van der Waals surface area contributed by atoms with Crippen LogP contribution in [0.15, 0.2) is 42.7 Å². The highest BCUT2D eigenvalue weighted by Gasteiger charge is 2.07. The fraction of sp³-hybridized carbons (Fsp3) is 0. The Balaban J connectivity index is 2.32. The zero-order valence-corrected chi connectivity index (χ0v) is 8.79. The summed E-state index contributed by atoms with van der Waals surface area (Å²) in [5.41, 5.74) is 1.11. The number of aromatic hydroxyl groups is 1. The Morgan fingerprint density at radius 1 is 1.29 bits per heavy atom. The van der Waals surface area contributed by atoms with Gasteiger partial charge in [-0.3, -0.25) is 4.98 Å². The number of carbonyl (C=O) groups is 1. The summed E-state index contributed by atoms with van der Waals surface area (Å²) in [5.74, 6) is -1.06. The second kappa shape index (κ2) is 4.52. The van der Waals surface area contributed by atoms with E-state index in [-0.39, 0.29) is 11.3 Å². The van der Waals surface area contributed by atoms with Crippen molar-refractivity contribution in [2.75, 3.05) is 5.32 Å². The lowest BCUT2D eigenvalue weighted by Gasteiger charge is -2.08. The summed E-state index contributed by atoms with van der Waals surface area (Å²) < 4.78 is 0. The number of aromatic nitrogens is 1. The molecule has 0 aliphatic carbocycles. The van der Waals surface area contributed by atoms with Gasteiger partial charge in [0.1, 0.15) is 5.75 Å². The third kappa shape index (κ3) is 2.52. The molecule has 0 amide bonds. The van der Waals surface area contributed by atoms with Crippen LogP contribution in [-0.4, -0.2) is 21.2 Å². The van der Waals surface area contributed by atoms with Gasteiger partial charge in [-0.25, -0.2) is 4.79 Å². The molecule has 0 unspecified atom stereocenters. The summed E-state index contributed by atoms with van der Waals surface area (Å²) in [6.07, 6.45) is 3.20. The summed E-state index contributed by atoms with van der Waals surface area (Å²) in [6.45, 7) is 0. The van der Waals surface area contributed by atoms with E-state index in [9.17, 15) is 9.90 Å². The Kier molecular flexibility index (Phi) is 2.91.